The van der Waals surface area contributed by atoms with Gasteiger partial charge in [-0.05, 0) is 12.5 Å². The quantitative estimate of drug-likeness (QED) is 0.259. The molecule has 0 spiro atoms. The average Bonchev–Trinajstić information content (AvgIpc) is 2.28. The predicted octanol–water partition coefficient (Wildman–Crippen LogP) is 2.35. The second-order valence-corrected chi connectivity index (χ2v) is 6.53. The largest absolute Gasteiger partial charge is 0.271 e. The van der Waals surface area contributed by atoms with Crippen molar-refractivity contribution in [3.05, 3.63) is 33.3 Å². The zero-order chi connectivity index (χ0) is 13.8. The van der Waals surface area contributed by atoms with Gasteiger partial charge in [-0.15, -0.1) is 0 Å². The number of rotatable bonds is 6. The van der Waals surface area contributed by atoms with Crippen LogP contribution in [0.5, 0.6) is 0 Å². The first-order chi connectivity index (χ1) is 8.38. The van der Waals surface area contributed by atoms with Gasteiger partial charge in [0.2, 0.25) is 10.0 Å². The first-order valence-electron chi connectivity index (χ1n) is 4.88. The van der Waals surface area contributed by atoms with Crippen molar-refractivity contribution in [2.75, 3.05) is 11.0 Å². The van der Waals surface area contributed by atoms with E-state index < -0.39 is 14.9 Å². The van der Waals surface area contributed by atoms with Crippen molar-refractivity contribution >= 4 is 49.9 Å². The fourth-order valence-electron chi connectivity index (χ4n) is 1.17. The van der Waals surface area contributed by atoms with Gasteiger partial charge in [-0.2, -0.15) is 0 Å². The van der Waals surface area contributed by atoms with Crippen LogP contribution in [0.2, 0.25) is 5.02 Å². The third-order valence-corrected chi connectivity index (χ3v) is 4.73. The summed E-state index contributed by atoms with van der Waals surface area (Å²) in [5, 5.41) is 10.3. The molecule has 0 aliphatic heterocycles. The zero-order valence-electron chi connectivity index (χ0n) is 9.10. The first kappa shape index (κ1) is 15.6. The Kier molecular flexibility index (Phi) is 5.76. The van der Waals surface area contributed by atoms with Crippen molar-refractivity contribution in [2.45, 2.75) is 11.3 Å². The third-order valence-electron chi connectivity index (χ3n) is 2.02. The van der Waals surface area contributed by atoms with E-state index in [-0.39, 0.29) is 15.6 Å². The number of nitro groups is 1. The summed E-state index contributed by atoms with van der Waals surface area (Å²) in [5.41, 5.74) is -0.244. The lowest BCUT2D eigenvalue weighted by molar-refractivity contribution is -0.384. The molecule has 0 aliphatic rings. The molecule has 1 N–H and O–H groups in total. The van der Waals surface area contributed by atoms with Gasteiger partial charge < -0.3 is 0 Å². The average molecular weight is 405 g/mol. The van der Waals surface area contributed by atoms with E-state index in [1.54, 1.807) is 0 Å². The van der Waals surface area contributed by atoms with Crippen LogP contribution in [-0.4, -0.2) is 24.3 Å². The molecule has 0 amide bonds. The van der Waals surface area contributed by atoms with Gasteiger partial charge in [0, 0.05) is 23.1 Å². The minimum Gasteiger partial charge on any atom is -0.258 e. The molecule has 0 fully saturated rings. The highest BCUT2D eigenvalue weighted by molar-refractivity contribution is 14.1. The van der Waals surface area contributed by atoms with E-state index in [4.69, 9.17) is 11.6 Å². The topological polar surface area (TPSA) is 89.3 Å². The standard InChI is InChI=1S/C9H10ClIN2O4S/c10-8-6-7(13(14)15)2-3-9(8)18(16,17)12-5-1-4-11/h2-3,6,12H,1,4-5H2. The Morgan fingerprint density at radius 2 is 2.11 bits per heavy atom. The lowest BCUT2D eigenvalue weighted by atomic mass is 10.3. The monoisotopic (exact) mass is 404 g/mol. The maximum Gasteiger partial charge on any atom is 0.271 e. The van der Waals surface area contributed by atoms with Crippen molar-refractivity contribution < 1.29 is 13.3 Å². The Labute approximate surface area is 123 Å². The maximum absolute atomic E-state index is 11.8. The molecule has 6 nitrogen and oxygen atoms in total. The maximum atomic E-state index is 11.8. The van der Waals surface area contributed by atoms with Gasteiger partial charge >= 0.3 is 0 Å². The van der Waals surface area contributed by atoms with Crippen LogP contribution >= 0.6 is 34.2 Å². The number of non-ortho nitro benzene ring substituents is 1. The Hall–Kier alpha value is -0.450. The Bertz CT molecular complexity index is 549. The van der Waals surface area contributed by atoms with Crippen LogP contribution in [0.1, 0.15) is 6.42 Å². The van der Waals surface area contributed by atoms with Gasteiger partial charge in [0.25, 0.3) is 5.69 Å². The van der Waals surface area contributed by atoms with E-state index in [9.17, 15) is 18.5 Å². The number of benzene rings is 1. The van der Waals surface area contributed by atoms with Gasteiger partial charge in [0.1, 0.15) is 4.90 Å². The Balaban J connectivity index is 2.99. The number of nitrogens with one attached hydrogen (secondary N) is 1. The molecule has 9 heteroatoms. The normalized spacial score (nSPS) is 11.4. The summed E-state index contributed by atoms with van der Waals surface area (Å²) < 4.78 is 26.9. The van der Waals surface area contributed by atoms with Gasteiger partial charge in [0.05, 0.1) is 9.95 Å². The zero-order valence-corrected chi connectivity index (χ0v) is 12.8. The van der Waals surface area contributed by atoms with Gasteiger partial charge in [0.15, 0.2) is 0 Å². The lowest BCUT2D eigenvalue weighted by Gasteiger charge is -2.07. The molecule has 0 unspecified atom stereocenters. The highest BCUT2D eigenvalue weighted by Crippen LogP contribution is 2.25. The van der Waals surface area contributed by atoms with Crippen molar-refractivity contribution in [1.82, 2.24) is 4.72 Å². The molecule has 0 heterocycles. The molecule has 1 aromatic carbocycles. The van der Waals surface area contributed by atoms with Gasteiger partial charge in [-0.1, -0.05) is 34.2 Å². The highest BCUT2D eigenvalue weighted by atomic mass is 127. The molecule has 0 radical (unpaired) electrons. The van der Waals surface area contributed by atoms with Crippen molar-refractivity contribution in [1.29, 1.82) is 0 Å². The van der Waals surface area contributed by atoms with Crippen LogP contribution in [0.3, 0.4) is 0 Å². The van der Waals surface area contributed by atoms with Gasteiger partial charge in [-0.3, -0.25) is 10.1 Å². The lowest BCUT2D eigenvalue weighted by Crippen LogP contribution is -2.25. The summed E-state index contributed by atoms with van der Waals surface area (Å²) in [4.78, 5) is 9.72. The molecule has 1 rings (SSSR count). The number of alkyl halides is 1. The summed E-state index contributed by atoms with van der Waals surface area (Å²) >= 11 is 7.88. The molecule has 100 valence electrons. The minimum absolute atomic E-state index is 0.150. The summed E-state index contributed by atoms with van der Waals surface area (Å²) in [5.74, 6) is 0. The highest BCUT2D eigenvalue weighted by Gasteiger charge is 2.19. The number of nitro benzene ring substituents is 1. The van der Waals surface area contributed by atoms with Crippen LogP contribution in [0.4, 0.5) is 5.69 Å². The van der Waals surface area contributed by atoms with E-state index in [1.807, 2.05) is 0 Å². The van der Waals surface area contributed by atoms with Crippen LogP contribution in [0.15, 0.2) is 23.1 Å². The Morgan fingerprint density at radius 1 is 1.44 bits per heavy atom. The van der Waals surface area contributed by atoms with Gasteiger partial charge in [-0.25, -0.2) is 13.1 Å². The fourth-order valence-corrected chi connectivity index (χ4v) is 3.16. The molecule has 0 saturated heterocycles. The molecule has 18 heavy (non-hydrogen) atoms. The van der Waals surface area contributed by atoms with Crippen LogP contribution in [-0.2, 0) is 10.0 Å². The summed E-state index contributed by atoms with van der Waals surface area (Å²) in [6, 6.07) is 3.26. The summed E-state index contributed by atoms with van der Waals surface area (Å²) in [7, 11) is -3.71. The smallest absolute Gasteiger partial charge is 0.258 e. The summed E-state index contributed by atoms with van der Waals surface area (Å²) in [6.07, 6.45) is 0.699. The number of halogens is 2. The van der Waals surface area contributed by atoms with Crippen LogP contribution in [0, 0.1) is 10.1 Å². The fraction of sp³-hybridized carbons (Fsp3) is 0.333. The number of hydrogen-bond acceptors (Lipinski definition) is 4. The number of hydrogen-bond donors (Lipinski definition) is 1. The third kappa shape index (κ3) is 4.04. The van der Waals surface area contributed by atoms with Crippen molar-refractivity contribution in [2.24, 2.45) is 0 Å². The molecule has 0 atom stereocenters. The van der Waals surface area contributed by atoms with E-state index in [0.29, 0.717) is 13.0 Å². The van der Waals surface area contributed by atoms with Crippen LogP contribution in [0.25, 0.3) is 0 Å². The molecule has 0 aliphatic carbocycles. The van der Waals surface area contributed by atoms with E-state index in [0.717, 1.165) is 22.6 Å². The first-order valence-corrected chi connectivity index (χ1v) is 8.26. The second-order valence-electron chi connectivity index (χ2n) is 3.31. The predicted molar refractivity (Wildman–Crippen MR) is 76.8 cm³/mol. The molecule has 1 aromatic rings. The van der Waals surface area contributed by atoms with Crippen molar-refractivity contribution in [3.63, 3.8) is 0 Å². The summed E-state index contributed by atoms with van der Waals surface area (Å²) in [6.45, 7) is 0.304. The van der Waals surface area contributed by atoms with Crippen LogP contribution < -0.4 is 4.72 Å². The molecule has 0 bridgehead atoms. The minimum atomic E-state index is -3.71. The Morgan fingerprint density at radius 3 is 2.61 bits per heavy atom. The van der Waals surface area contributed by atoms with E-state index in [2.05, 4.69) is 27.3 Å². The number of sulfonamides is 1. The van der Waals surface area contributed by atoms with E-state index in [1.165, 1.54) is 0 Å². The molecular weight excluding hydrogens is 395 g/mol. The van der Waals surface area contributed by atoms with E-state index >= 15 is 0 Å². The molecular formula is C9H10ClIN2O4S. The molecule has 0 saturated carbocycles. The van der Waals surface area contributed by atoms with Crippen molar-refractivity contribution in [3.8, 4) is 0 Å². The second kappa shape index (κ2) is 6.64. The number of nitrogens with zero attached hydrogens (tertiary/aromatic N) is 1. The molecule has 0 aromatic heterocycles. The SMILES string of the molecule is O=[N+]([O-])c1ccc(S(=O)(=O)NCCCI)c(Cl)c1.